The zero-order chi connectivity index (χ0) is 15.7. The van der Waals surface area contributed by atoms with Crippen molar-refractivity contribution >= 4 is 11.5 Å². The zero-order valence-corrected chi connectivity index (χ0v) is 13.3. The van der Waals surface area contributed by atoms with Crippen LogP contribution in [-0.2, 0) is 6.42 Å². The molecule has 2 heteroatoms. The lowest BCUT2D eigenvalue weighted by molar-refractivity contribution is 0.104. The maximum atomic E-state index is 12.5. The number of hydrogen-bond acceptors (Lipinski definition) is 2. The fraction of sp³-hybridized carbons (Fsp3) is 0.250. The highest BCUT2D eigenvalue weighted by Gasteiger charge is 2.27. The van der Waals surface area contributed by atoms with E-state index < -0.39 is 0 Å². The van der Waals surface area contributed by atoms with Gasteiger partial charge in [-0.2, -0.15) is 0 Å². The Labute approximate surface area is 131 Å². The first-order valence-electron chi connectivity index (χ1n) is 7.64. The number of aryl methyl sites for hydroxylation is 1. The van der Waals surface area contributed by atoms with Crippen molar-refractivity contribution in [1.29, 1.82) is 0 Å². The highest BCUT2D eigenvalue weighted by Crippen LogP contribution is 2.30. The van der Waals surface area contributed by atoms with Crippen LogP contribution in [-0.4, -0.2) is 11.3 Å². The van der Waals surface area contributed by atoms with E-state index in [-0.39, 0.29) is 11.3 Å². The molecule has 0 fully saturated rings. The molecule has 0 saturated carbocycles. The largest absolute Gasteiger partial charge is 0.379 e. The van der Waals surface area contributed by atoms with E-state index in [1.54, 1.807) is 6.08 Å². The minimum absolute atomic E-state index is 0.0346. The molecule has 1 aliphatic heterocycles. The topological polar surface area (TPSA) is 29.1 Å². The predicted molar refractivity (Wildman–Crippen MR) is 90.8 cm³/mol. The fourth-order valence-corrected chi connectivity index (χ4v) is 3.01. The van der Waals surface area contributed by atoms with E-state index in [1.165, 1.54) is 11.1 Å². The van der Waals surface area contributed by atoms with Gasteiger partial charge in [-0.1, -0.05) is 54.1 Å². The lowest BCUT2D eigenvalue weighted by Crippen LogP contribution is -2.43. The van der Waals surface area contributed by atoms with Crippen LogP contribution < -0.4 is 5.32 Å². The molecule has 3 rings (SSSR count). The molecule has 0 amide bonds. The molecule has 2 nitrogen and oxygen atoms in total. The molecule has 112 valence electrons. The number of carbonyl (C=O) groups is 1. The summed E-state index contributed by atoms with van der Waals surface area (Å²) >= 11 is 0. The van der Waals surface area contributed by atoms with Crippen molar-refractivity contribution in [2.75, 3.05) is 0 Å². The van der Waals surface area contributed by atoms with E-state index in [1.807, 2.05) is 30.3 Å². The van der Waals surface area contributed by atoms with E-state index in [9.17, 15) is 4.79 Å². The molecule has 0 radical (unpaired) electrons. The summed E-state index contributed by atoms with van der Waals surface area (Å²) in [7, 11) is 0. The Balaban J connectivity index is 2.03. The second-order valence-electron chi connectivity index (χ2n) is 6.63. The van der Waals surface area contributed by atoms with Gasteiger partial charge in [-0.05, 0) is 32.8 Å². The van der Waals surface area contributed by atoms with Crippen LogP contribution in [0, 0.1) is 6.92 Å². The van der Waals surface area contributed by atoms with Gasteiger partial charge in [-0.15, -0.1) is 0 Å². The second kappa shape index (κ2) is 5.45. The van der Waals surface area contributed by atoms with E-state index >= 15 is 0 Å². The quantitative estimate of drug-likeness (QED) is 0.665. The molecule has 1 heterocycles. The third-order valence-corrected chi connectivity index (χ3v) is 3.99. The first-order valence-corrected chi connectivity index (χ1v) is 7.64. The van der Waals surface area contributed by atoms with Crippen molar-refractivity contribution < 1.29 is 4.79 Å². The highest BCUT2D eigenvalue weighted by atomic mass is 16.1. The highest BCUT2D eigenvalue weighted by molar-refractivity contribution is 6.08. The van der Waals surface area contributed by atoms with Gasteiger partial charge in [0.1, 0.15) is 0 Å². The first kappa shape index (κ1) is 14.6. The summed E-state index contributed by atoms with van der Waals surface area (Å²) in [6, 6.07) is 15.8. The normalized spacial score (nSPS) is 17.7. The van der Waals surface area contributed by atoms with E-state index in [2.05, 4.69) is 44.3 Å². The molecule has 22 heavy (non-hydrogen) atoms. The fourth-order valence-electron chi connectivity index (χ4n) is 3.01. The van der Waals surface area contributed by atoms with Gasteiger partial charge >= 0.3 is 0 Å². The summed E-state index contributed by atoms with van der Waals surface area (Å²) in [4.78, 5) is 12.5. The molecule has 1 aliphatic rings. The second-order valence-corrected chi connectivity index (χ2v) is 6.63. The Bertz CT molecular complexity index is 742. The molecule has 0 unspecified atom stereocenters. The van der Waals surface area contributed by atoms with Crippen LogP contribution in [0.15, 0.2) is 54.6 Å². The van der Waals surface area contributed by atoms with Crippen molar-refractivity contribution in [3.63, 3.8) is 0 Å². The number of fused-ring (bicyclic) bond motifs is 1. The monoisotopic (exact) mass is 291 g/mol. The minimum atomic E-state index is -0.0520. The molecule has 0 atom stereocenters. The molecule has 0 aromatic heterocycles. The Morgan fingerprint density at radius 1 is 1.14 bits per heavy atom. The van der Waals surface area contributed by atoms with E-state index in [4.69, 9.17) is 0 Å². The minimum Gasteiger partial charge on any atom is -0.379 e. The predicted octanol–water partition coefficient (Wildman–Crippen LogP) is 4.14. The summed E-state index contributed by atoms with van der Waals surface area (Å²) in [6.45, 7) is 6.44. The van der Waals surface area contributed by atoms with Crippen LogP contribution in [0.4, 0.5) is 0 Å². The van der Waals surface area contributed by atoms with Crippen LogP contribution in [0.25, 0.3) is 5.70 Å². The molecule has 0 bridgehead atoms. The summed E-state index contributed by atoms with van der Waals surface area (Å²) in [5.41, 5.74) is 5.27. The Morgan fingerprint density at radius 2 is 1.86 bits per heavy atom. The van der Waals surface area contributed by atoms with Gasteiger partial charge in [0.05, 0.1) is 0 Å². The number of nitrogens with one attached hydrogen (secondary N) is 1. The Morgan fingerprint density at radius 3 is 2.59 bits per heavy atom. The molecular weight excluding hydrogens is 270 g/mol. The molecule has 0 saturated heterocycles. The third-order valence-electron chi connectivity index (χ3n) is 3.99. The van der Waals surface area contributed by atoms with Crippen LogP contribution in [0.1, 0.15) is 40.9 Å². The average Bonchev–Trinajstić information content (AvgIpc) is 2.46. The van der Waals surface area contributed by atoms with Crippen LogP contribution >= 0.6 is 0 Å². The van der Waals surface area contributed by atoms with E-state index in [0.717, 1.165) is 17.7 Å². The van der Waals surface area contributed by atoms with Crippen molar-refractivity contribution in [3.8, 4) is 0 Å². The van der Waals surface area contributed by atoms with Crippen molar-refractivity contribution in [1.82, 2.24) is 5.32 Å². The molecule has 0 spiro atoms. The summed E-state index contributed by atoms with van der Waals surface area (Å²) in [5, 5.41) is 3.51. The molecular formula is C20H21NO. The Kier molecular flexibility index (Phi) is 3.61. The first-order chi connectivity index (χ1) is 10.4. The van der Waals surface area contributed by atoms with Crippen molar-refractivity contribution in [3.05, 3.63) is 76.9 Å². The van der Waals surface area contributed by atoms with E-state index in [0.29, 0.717) is 5.56 Å². The number of benzene rings is 2. The van der Waals surface area contributed by atoms with Crippen LogP contribution in [0.5, 0.6) is 0 Å². The maximum absolute atomic E-state index is 12.5. The lowest BCUT2D eigenvalue weighted by atomic mass is 9.84. The van der Waals surface area contributed by atoms with Crippen molar-refractivity contribution in [2.45, 2.75) is 32.7 Å². The molecule has 2 aromatic carbocycles. The van der Waals surface area contributed by atoms with Gasteiger partial charge in [0.2, 0.25) is 0 Å². The summed E-state index contributed by atoms with van der Waals surface area (Å²) < 4.78 is 0. The summed E-state index contributed by atoms with van der Waals surface area (Å²) in [5.74, 6) is 0.0346. The van der Waals surface area contributed by atoms with Crippen LogP contribution in [0.3, 0.4) is 0 Å². The van der Waals surface area contributed by atoms with Gasteiger partial charge in [-0.25, -0.2) is 0 Å². The third kappa shape index (κ3) is 2.96. The van der Waals surface area contributed by atoms with Crippen molar-refractivity contribution in [2.24, 2.45) is 0 Å². The number of hydrogen-bond donors (Lipinski definition) is 1. The molecule has 0 aliphatic carbocycles. The Hall–Kier alpha value is -2.35. The van der Waals surface area contributed by atoms with Gasteiger partial charge in [-0.3, -0.25) is 4.79 Å². The molecule has 1 N–H and O–H groups in total. The smallest absolute Gasteiger partial charge is 0.187 e. The van der Waals surface area contributed by atoms with Gasteiger partial charge in [0.25, 0.3) is 0 Å². The number of rotatable bonds is 2. The molecule has 2 aromatic rings. The van der Waals surface area contributed by atoms with Gasteiger partial charge in [0.15, 0.2) is 5.78 Å². The zero-order valence-electron chi connectivity index (χ0n) is 13.3. The average molecular weight is 291 g/mol. The SMILES string of the molecule is Cc1ccc2c(c1)CC(C)(C)NC2=CC(=O)c1ccccc1. The van der Waals surface area contributed by atoms with Crippen LogP contribution in [0.2, 0.25) is 0 Å². The standard InChI is InChI=1S/C20H21NO/c1-14-9-10-17-16(11-14)13-20(2,3)21-18(17)12-19(22)15-7-5-4-6-8-15/h4-12,21H,13H2,1-3H3. The lowest BCUT2D eigenvalue weighted by Gasteiger charge is -2.35. The number of carbonyl (C=O) groups excluding carboxylic acids is 1. The van der Waals surface area contributed by atoms with Gasteiger partial charge in [0, 0.05) is 28.4 Å². The summed E-state index contributed by atoms with van der Waals surface area (Å²) in [6.07, 6.45) is 2.69. The van der Waals surface area contributed by atoms with Gasteiger partial charge < -0.3 is 5.32 Å². The number of allylic oxidation sites excluding steroid dienone is 1. The number of ketones is 1. The maximum Gasteiger partial charge on any atom is 0.187 e.